The van der Waals surface area contributed by atoms with Gasteiger partial charge in [0.25, 0.3) is 0 Å². The van der Waals surface area contributed by atoms with Crippen molar-refractivity contribution >= 4 is 5.96 Å². The molecule has 1 aromatic carbocycles. The molecule has 2 N–H and O–H groups in total. The molecule has 164 valence electrons. The molecule has 1 aliphatic rings. The van der Waals surface area contributed by atoms with Crippen LogP contribution in [0.4, 0.5) is 13.2 Å². The van der Waals surface area contributed by atoms with Crippen LogP contribution in [0.2, 0.25) is 0 Å². The van der Waals surface area contributed by atoms with Crippen molar-refractivity contribution in [3.63, 3.8) is 0 Å². The molecule has 2 atom stereocenters. The first-order valence-electron chi connectivity index (χ1n) is 9.95. The van der Waals surface area contributed by atoms with Gasteiger partial charge < -0.3 is 20.1 Å². The molecule has 9 heteroatoms. The van der Waals surface area contributed by atoms with E-state index in [0.717, 1.165) is 5.56 Å². The number of aliphatic imine (C=N–C) groups is 1. The Labute approximate surface area is 170 Å². The highest BCUT2D eigenvalue weighted by atomic mass is 19.4. The van der Waals surface area contributed by atoms with Crippen LogP contribution in [0.15, 0.2) is 35.3 Å². The van der Waals surface area contributed by atoms with Gasteiger partial charge in [-0.2, -0.15) is 13.2 Å². The molecule has 0 spiro atoms. The highest BCUT2D eigenvalue weighted by Gasteiger charge is 2.41. The maximum Gasteiger partial charge on any atom is 0.403 e. The number of aliphatic hydroxyl groups excluding tert-OH is 1. The molecular weight excluding hydrogens is 385 g/mol. The molecule has 1 aromatic rings. The number of guanidine groups is 1. The van der Waals surface area contributed by atoms with Crippen LogP contribution in [0.3, 0.4) is 0 Å². The third-order valence-corrected chi connectivity index (χ3v) is 4.84. The maximum atomic E-state index is 12.9. The Kier molecular flexibility index (Phi) is 9.19. The van der Waals surface area contributed by atoms with Gasteiger partial charge >= 0.3 is 6.18 Å². The molecule has 0 aromatic heterocycles. The third-order valence-electron chi connectivity index (χ3n) is 4.84. The van der Waals surface area contributed by atoms with Crippen molar-refractivity contribution in [3.05, 3.63) is 35.9 Å². The molecule has 1 fully saturated rings. The van der Waals surface area contributed by atoms with Crippen LogP contribution < -0.4 is 5.32 Å². The second kappa shape index (κ2) is 11.4. The van der Waals surface area contributed by atoms with Gasteiger partial charge in [-0.05, 0) is 19.4 Å². The van der Waals surface area contributed by atoms with Crippen molar-refractivity contribution in [1.82, 2.24) is 15.1 Å². The lowest BCUT2D eigenvalue weighted by molar-refractivity contribution is -0.181. The summed E-state index contributed by atoms with van der Waals surface area (Å²) in [5.41, 5.74) is 1.03. The number of piperazine rings is 1. The molecule has 0 bridgehead atoms. The van der Waals surface area contributed by atoms with Crippen molar-refractivity contribution in [1.29, 1.82) is 0 Å². The number of rotatable bonds is 8. The fraction of sp³-hybridized carbons (Fsp3) is 0.650. The average molecular weight is 416 g/mol. The zero-order chi connectivity index (χ0) is 21.3. The van der Waals surface area contributed by atoms with Crippen LogP contribution in [-0.4, -0.2) is 85.1 Å². The minimum atomic E-state index is -4.22. The predicted octanol–water partition coefficient (Wildman–Crippen LogP) is 2.10. The summed E-state index contributed by atoms with van der Waals surface area (Å²) in [6.07, 6.45) is -4.97. The van der Waals surface area contributed by atoms with Crippen LogP contribution in [0.1, 0.15) is 19.4 Å². The molecule has 0 amide bonds. The fourth-order valence-electron chi connectivity index (χ4n) is 3.09. The molecular formula is C20H31F3N4O2. The summed E-state index contributed by atoms with van der Waals surface area (Å²) in [6, 6.07) is 8.24. The highest BCUT2D eigenvalue weighted by Crippen LogP contribution is 2.25. The lowest BCUT2D eigenvalue weighted by Crippen LogP contribution is -2.56. The first kappa shape index (κ1) is 23.4. The number of hydrogen-bond acceptors (Lipinski definition) is 4. The average Bonchev–Trinajstić information content (AvgIpc) is 2.71. The minimum Gasteiger partial charge on any atom is -0.389 e. The molecule has 0 saturated carbocycles. The van der Waals surface area contributed by atoms with Crippen molar-refractivity contribution < 1.29 is 23.0 Å². The molecule has 0 radical (unpaired) electrons. The Morgan fingerprint density at radius 1 is 1.21 bits per heavy atom. The summed E-state index contributed by atoms with van der Waals surface area (Å²) in [5.74, 6) is 0.605. The van der Waals surface area contributed by atoms with E-state index in [1.807, 2.05) is 42.2 Å². The van der Waals surface area contributed by atoms with Crippen LogP contribution in [-0.2, 0) is 11.3 Å². The van der Waals surface area contributed by atoms with Crippen molar-refractivity contribution in [2.75, 3.05) is 45.9 Å². The Morgan fingerprint density at radius 3 is 2.45 bits per heavy atom. The van der Waals surface area contributed by atoms with Crippen LogP contribution in [0.5, 0.6) is 0 Å². The summed E-state index contributed by atoms with van der Waals surface area (Å²) >= 11 is 0. The summed E-state index contributed by atoms with van der Waals surface area (Å²) in [7, 11) is 0. The second-order valence-corrected chi connectivity index (χ2v) is 7.09. The van der Waals surface area contributed by atoms with Gasteiger partial charge in [-0.25, -0.2) is 0 Å². The third kappa shape index (κ3) is 7.83. The lowest BCUT2D eigenvalue weighted by atomic mass is 10.2. The molecule has 2 unspecified atom stereocenters. The minimum absolute atomic E-state index is 0.161. The van der Waals surface area contributed by atoms with E-state index in [1.165, 1.54) is 11.8 Å². The summed E-state index contributed by atoms with van der Waals surface area (Å²) in [4.78, 5) is 7.81. The van der Waals surface area contributed by atoms with Crippen molar-refractivity contribution in [2.24, 2.45) is 4.99 Å². The zero-order valence-corrected chi connectivity index (χ0v) is 17.0. The van der Waals surface area contributed by atoms with E-state index in [4.69, 9.17) is 4.74 Å². The van der Waals surface area contributed by atoms with E-state index in [2.05, 4.69) is 10.3 Å². The highest BCUT2D eigenvalue weighted by molar-refractivity contribution is 5.80. The fourth-order valence-corrected chi connectivity index (χ4v) is 3.09. The Balaban J connectivity index is 1.80. The number of nitrogens with zero attached hydrogens (tertiary/aromatic N) is 3. The predicted molar refractivity (Wildman–Crippen MR) is 107 cm³/mol. The lowest BCUT2D eigenvalue weighted by Gasteiger charge is -2.39. The standard InChI is InChI=1S/C20H31F3N4O2/c1-3-24-19(27-11-9-26(10-12-27)16(2)20(21,22)23)25-13-18(28)15-29-14-17-7-5-4-6-8-17/h4-8,16,18,28H,3,9-15H2,1-2H3,(H,24,25). The Morgan fingerprint density at radius 2 is 1.86 bits per heavy atom. The van der Waals surface area contributed by atoms with E-state index < -0.39 is 18.3 Å². The number of ether oxygens (including phenoxy) is 1. The molecule has 1 saturated heterocycles. The molecule has 0 aliphatic carbocycles. The van der Waals surface area contributed by atoms with Crippen LogP contribution in [0, 0.1) is 0 Å². The summed E-state index contributed by atoms with van der Waals surface area (Å²) < 4.78 is 44.2. The smallest absolute Gasteiger partial charge is 0.389 e. The largest absolute Gasteiger partial charge is 0.403 e. The zero-order valence-electron chi connectivity index (χ0n) is 17.0. The van der Waals surface area contributed by atoms with Crippen molar-refractivity contribution in [3.8, 4) is 0 Å². The Bertz CT molecular complexity index is 620. The van der Waals surface area contributed by atoms with Crippen LogP contribution >= 0.6 is 0 Å². The van der Waals surface area contributed by atoms with Gasteiger partial charge in [-0.1, -0.05) is 30.3 Å². The number of aliphatic hydroxyl groups is 1. The van der Waals surface area contributed by atoms with E-state index in [-0.39, 0.29) is 13.2 Å². The number of halogens is 3. The van der Waals surface area contributed by atoms with E-state index in [1.54, 1.807) is 0 Å². The van der Waals surface area contributed by atoms with Crippen molar-refractivity contribution in [2.45, 2.75) is 38.8 Å². The van der Waals surface area contributed by atoms with Gasteiger partial charge in [0, 0.05) is 32.7 Å². The van der Waals surface area contributed by atoms with Gasteiger partial charge in [0.05, 0.1) is 25.9 Å². The van der Waals surface area contributed by atoms with Gasteiger partial charge in [0.2, 0.25) is 0 Å². The molecule has 1 heterocycles. The summed E-state index contributed by atoms with van der Waals surface area (Å²) in [6.45, 7) is 6.03. The van der Waals surface area contributed by atoms with E-state index >= 15 is 0 Å². The molecule has 1 aliphatic heterocycles. The maximum absolute atomic E-state index is 12.9. The van der Waals surface area contributed by atoms with Gasteiger partial charge in [-0.3, -0.25) is 9.89 Å². The van der Waals surface area contributed by atoms with E-state index in [0.29, 0.717) is 45.3 Å². The van der Waals surface area contributed by atoms with E-state index in [9.17, 15) is 18.3 Å². The topological polar surface area (TPSA) is 60.3 Å². The first-order valence-corrected chi connectivity index (χ1v) is 9.95. The Hall–Kier alpha value is -1.84. The normalized spacial score (nSPS) is 18.6. The van der Waals surface area contributed by atoms with Crippen LogP contribution in [0.25, 0.3) is 0 Å². The van der Waals surface area contributed by atoms with Gasteiger partial charge in [-0.15, -0.1) is 0 Å². The molecule has 6 nitrogen and oxygen atoms in total. The molecule has 2 rings (SSSR count). The quantitative estimate of drug-likeness (QED) is 0.502. The summed E-state index contributed by atoms with van der Waals surface area (Å²) in [5, 5.41) is 13.3. The number of alkyl halides is 3. The van der Waals surface area contributed by atoms with Gasteiger partial charge in [0.1, 0.15) is 6.04 Å². The number of nitrogens with one attached hydrogen (secondary N) is 1. The van der Waals surface area contributed by atoms with Gasteiger partial charge in [0.15, 0.2) is 5.96 Å². The monoisotopic (exact) mass is 416 g/mol. The number of hydrogen-bond donors (Lipinski definition) is 2. The SMILES string of the molecule is CCNC(=NCC(O)COCc1ccccc1)N1CCN(C(C)C(F)(F)F)CC1. The number of benzene rings is 1. The molecule has 29 heavy (non-hydrogen) atoms. The second-order valence-electron chi connectivity index (χ2n) is 7.09. The first-order chi connectivity index (χ1) is 13.8.